The van der Waals surface area contributed by atoms with E-state index in [2.05, 4.69) is 16.7 Å². The van der Waals surface area contributed by atoms with Gasteiger partial charge in [-0.25, -0.2) is 9.78 Å². The third-order valence-electron chi connectivity index (χ3n) is 8.45. The van der Waals surface area contributed by atoms with Crippen molar-refractivity contribution in [2.45, 2.75) is 89.6 Å². The zero-order valence-corrected chi connectivity index (χ0v) is 20.3. The van der Waals surface area contributed by atoms with Gasteiger partial charge in [0.05, 0.1) is 30.6 Å². The fourth-order valence-corrected chi connectivity index (χ4v) is 6.52. The predicted molar refractivity (Wildman–Crippen MR) is 130 cm³/mol. The van der Waals surface area contributed by atoms with Gasteiger partial charge in [0.1, 0.15) is 5.82 Å². The van der Waals surface area contributed by atoms with E-state index in [0.29, 0.717) is 24.9 Å². The van der Waals surface area contributed by atoms with E-state index < -0.39 is 5.97 Å². The minimum atomic E-state index is -0.637. The van der Waals surface area contributed by atoms with Crippen LogP contribution in [0.1, 0.15) is 87.1 Å². The van der Waals surface area contributed by atoms with Gasteiger partial charge in [-0.15, -0.1) is 0 Å². The molecule has 2 fully saturated rings. The molecule has 0 bridgehead atoms. The summed E-state index contributed by atoms with van der Waals surface area (Å²) in [4.78, 5) is 30.8. The number of carboxylic acid groups (broad SMARTS) is 1. The SMILES string of the molecule is COC(=O)N1CCc2ccc3c(nc(C4CCCCC4)n3CC[C@@H]3CCC[C@H](C(=O)O)C3)c2C1. The number of nitrogens with zero attached hydrogens (tertiary/aromatic N) is 3. The van der Waals surface area contributed by atoms with Crippen LogP contribution in [-0.2, 0) is 29.0 Å². The maximum Gasteiger partial charge on any atom is 0.409 e. The number of benzene rings is 1. The number of amides is 1. The van der Waals surface area contributed by atoms with Crippen LogP contribution in [0.2, 0.25) is 0 Å². The summed E-state index contributed by atoms with van der Waals surface area (Å²) >= 11 is 0. The number of carboxylic acids is 1. The Morgan fingerprint density at radius 1 is 1.12 bits per heavy atom. The Kier molecular flexibility index (Phi) is 6.79. The van der Waals surface area contributed by atoms with Gasteiger partial charge >= 0.3 is 12.1 Å². The number of carbonyl (C=O) groups is 2. The minimum Gasteiger partial charge on any atom is -0.481 e. The van der Waals surface area contributed by atoms with Crippen LogP contribution in [0.25, 0.3) is 11.0 Å². The zero-order chi connectivity index (χ0) is 23.7. The predicted octanol–water partition coefficient (Wildman–Crippen LogP) is 5.49. The fraction of sp³-hybridized carbons (Fsp3) is 0.667. The lowest BCUT2D eigenvalue weighted by Crippen LogP contribution is -2.35. The summed E-state index contributed by atoms with van der Waals surface area (Å²) in [6.45, 7) is 2.11. The fourth-order valence-electron chi connectivity index (χ4n) is 6.52. The second kappa shape index (κ2) is 9.96. The smallest absolute Gasteiger partial charge is 0.409 e. The van der Waals surface area contributed by atoms with Crippen LogP contribution >= 0.6 is 0 Å². The van der Waals surface area contributed by atoms with Crippen LogP contribution in [0.5, 0.6) is 0 Å². The number of imidazole rings is 1. The summed E-state index contributed by atoms with van der Waals surface area (Å²) in [5.74, 6) is 1.31. The third kappa shape index (κ3) is 4.53. The highest BCUT2D eigenvalue weighted by molar-refractivity contribution is 5.82. The molecule has 3 aliphatic rings. The van der Waals surface area contributed by atoms with Gasteiger partial charge in [0.25, 0.3) is 0 Å². The molecule has 2 saturated carbocycles. The number of hydrogen-bond donors (Lipinski definition) is 1. The average Bonchev–Trinajstić information content (AvgIpc) is 3.26. The first-order chi connectivity index (χ1) is 16.5. The van der Waals surface area contributed by atoms with Crippen molar-refractivity contribution in [1.29, 1.82) is 0 Å². The van der Waals surface area contributed by atoms with E-state index in [4.69, 9.17) is 9.72 Å². The number of fused-ring (bicyclic) bond motifs is 3. The normalized spacial score (nSPS) is 23.6. The van der Waals surface area contributed by atoms with E-state index in [1.165, 1.54) is 50.6 Å². The number of aliphatic carboxylic acids is 1. The van der Waals surface area contributed by atoms with Gasteiger partial charge in [0.15, 0.2) is 0 Å². The lowest BCUT2D eigenvalue weighted by atomic mass is 9.80. The van der Waals surface area contributed by atoms with Crippen LogP contribution in [0.4, 0.5) is 4.79 Å². The van der Waals surface area contributed by atoms with Crippen molar-refractivity contribution in [3.05, 3.63) is 29.1 Å². The summed E-state index contributed by atoms with van der Waals surface area (Å²) in [7, 11) is 1.44. The molecule has 5 rings (SSSR count). The topological polar surface area (TPSA) is 84.7 Å². The van der Waals surface area contributed by atoms with Crippen LogP contribution in [0.15, 0.2) is 12.1 Å². The molecule has 2 aromatic rings. The molecule has 0 saturated heterocycles. The highest BCUT2D eigenvalue weighted by Crippen LogP contribution is 2.38. The lowest BCUT2D eigenvalue weighted by Gasteiger charge is -2.28. The Hall–Kier alpha value is -2.57. The maximum atomic E-state index is 12.2. The van der Waals surface area contributed by atoms with Crippen molar-refractivity contribution in [1.82, 2.24) is 14.5 Å². The van der Waals surface area contributed by atoms with Crippen LogP contribution < -0.4 is 0 Å². The molecule has 1 aromatic carbocycles. The van der Waals surface area contributed by atoms with E-state index in [1.807, 2.05) is 0 Å². The largest absolute Gasteiger partial charge is 0.481 e. The monoisotopic (exact) mass is 467 g/mol. The summed E-state index contributed by atoms with van der Waals surface area (Å²) < 4.78 is 7.43. The molecule has 2 aliphatic carbocycles. The lowest BCUT2D eigenvalue weighted by molar-refractivity contribution is -0.143. The number of hydrogen-bond acceptors (Lipinski definition) is 4. The van der Waals surface area contributed by atoms with Gasteiger partial charge in [-0.2, -0.15) is 0 Å². The van der Waals surface area contributed by atoms with Crippen LogP contribution in [0, 0.1) is 11.8 Å². The Morgan fingerprint density at radius 3 is 2.71 bits per heavy atom. The Balaban J connectivity index is 1.47. The van der Waals surface area contributed by atoms with E-state index in [9.17, 15) is 14.7 Å². The van der Waals surface area contributed by atoms with Crippen LogP contribution in [0.3, 0.4) is 0 Å². The summed E-state index contributed by atoms with van der Waals surface area (Å²) in [6.07, 6.45) is 11.5. The van der Waals surface area contributed by atoms with E-state index in [1.54, 1.807) is 4.90 Å². The number of rotatable bonds is 5. The average molecular weight is 468 g/mol. The zero-order valence-electron chi connectivity index (χ0n) is 20.3. The molecule has 1 aliphatic heterocycles. The number of methoxy groups -OCH3 is 1. The Labute approximate surface area is 201 Å². The van der Waals surface area contributed by atoms with Crippen molar-refractivity contribution < 1.29 is 19.4 Å². The van der Waals surface area contributed by atoms with E-state index in [-0.39, 0.29) is 12.0 Å². The Morgan fingerprint density at radius 2 is 1.94 bits per heavy atom. The molecule has 7 heteroatoms. The third-order valence-corrected chi connectivity index (χ3v) is 8.45. The van der Waals surface area contributed by atoms with E-state index in [0.717, 1.165) is 61.7 Å². The van der Waals surface area contributed by atoms with E-state index >= 15 is 0 Å². The van der Waals surface area contributed by atoms with Crippen molar-refractivity contribution in [2.75, 3.05) is 13.7 Å². The molecule has 0 radical (unpaired) electrons. The minimum absolute atomic E-state index is 0.188. The molecule has 0 spiro atoms. The molecule has 1 amide bonds. The van der Waals surface area contributed by atoms with Gasteiger partial charge in [0.2, 0.25) is 0 Å². The van der Waals surface area contributed by atoms with Gasteiger partial charge in [-0.05, 0) is 56.1 Å². The van der Waals surface area contributed by atoms with Gasteiger partial charge in [-0.1, -0.05) is 38.2 Å². The molecule has 1 N–H and O–H groups in total. The summed E-state index contributed by atoms with van der Waals surface area (Å²) in [5.41, 5.74) is 4.65. The molecule has 2 heterocycles. The first kappa shape index (κ1) is 23.2. The second-order valence-electron chi connectivity index (χ2n) is 10.5. The summed E-state index contributed by atoms with van der Waals surface area (Å²) in [6, 6.07) is 4.44. The quantitative estimate of drug-likeness (QED) is 0.629. The second-order valence-corrected chi connectivity index (χ2v) is 10.5. The summed E-state index contributed by atoms with van der Waals surface area (Å²) in [5, 5.41) is 9.50. The highest BCUT2D eigenvalue weighted by atomic mass is 16.5. The van der Waals surface area contributed by atoms with Crippen molar-refractivity contribution in [3.63, 3.8) is 0 Å². The van der Waals surface area contributed by atoms with Crippen molar-refractivity contribution in [3.8, 4) is 0 Å². The standard InChI is InChI=1S/C27H37N3O4/c1-34-27(33)29-14-13-19-10-11-23-24(22(19)17-29)28-25(20-7-3-2-4-8-20)30(23)15-12-18-6-5-9-21(16-18)26(31)32/h10-11,18,20-21H,2-9,12-17H2,1H3,(H,31,32)/t18-,21-/m0/s1. The molecule has 1 aromatic heterocycles. The Bertz CT molecular complexity index is 1060. The van der Waals surface area contributed by atoms with Crippen molar-refractivity contribution in [2.24, 2.45) is 11.8 Å². The molecule has 7 nitrogen and oxygen atoms in total. The number of ether oxygens (including phenoxy) is 1. The maximum absolute atomic E-state index is 12.2. The number of aryl methyl sites for hydroxylation is 1. The van der Waals surface area contributed by atoms with Crippen molar-refractivity contribution >= 4 is 23.1 Å². The molecule has 34 heavy (non-hydrogen) atoms. The molecule has 184 valence electrons. The van der Waals surface area contributed by atoms with Gasteiger partial charge < -0.3 is 19.3 Å². The number of carbonyl (C=O) groups excluding carboxylic acids is 1. The molecule has 0 unspecified atom stereocenters. The van der Waals surface area contributed by atoms with Crippen LogP contribution in [-0.4, -0.2) is 45.3 Å². The first-order valence-electron chi connectivity index (χ1n) is 13.1. The first-order valence-corrected chi connectivity index (χ1v) is 13.1. The molecular formula is C27H37N3O4. The highest BCUT2D eigenvalue weighted by Gasteiger charge is 2.30. The van der Waals surface area contributed by atoms with Gasteiger partial charge in [0, 0.05) is 24.6 Å². The number of aromatic nitrogens is 2. The molecule has 2 atom stereocenters. The van der Waals surface area contributed by atoms with Gasteiger partial charge in [-0.3, -0.25) is 4.79 Å². The molecular weight excluding hydrogens is 430 g/mol.